The Hall–Kier alpha value is -2.63. The van der Waals surface area contributed by atoms with Gasteiger partial charge in [0.1, 0.15) is 13.3 Å². The molecule has 6 heteroatoms. The van der Waals surface area contributed by atoms with E-state index in [0.29, 0.717) is 37.7 Å². The highest BCUT2D eigenvalue weighted by Gasteiger charge is 2.31. The van der Waals surface area contributed by atoms with Gasteiger partial charge in [-0.25, -0.2) is 4.39 Å². The van der Waals surface area contributed by atoms with Gasteiger partial charge < -0.3 is 14.5 Å². The summed E-state index contributed by atoms with van der Waals surface area (Å²) in [6.07, 6.45) is 4.29. The number of para-hydroxylation sites is 1. The number of ketones is 1. The molecule has 1 aromatic heterocycles. The first kappa shape index (κ1) is 20.1. The lowest BCUT2D eigenvalue weighted by atomic mass is 9.82. The van der Waals surface area contributed by atoms with E-state index in [1.165, 1.54) is 10.9 Å². The van der Waals surface area contributed by atoms with Crippen LogP contribution in [0.1, 0.15) is 49.3 Å². The van der Waals surface area contributed by atoms with Gasteiger partial charge in [0, 0.05) is 54.2 Å². The number of hydrogen-bond donors (Lipinski definition) is 1. The molecular weight excluding hydrogens is 359 g/mol. The number of aromatic nitrogens is 1. The van der Waals surface area contributed by atoms with E-state index in [1.807, 2.05) is 19.2 Å². The van der Waals surface area contributed by atoms with E-state index in [9.17, 15) is 14.3 Å². The maximum absolute atomic E-state index is 12.7. The van der Waals surface area contributed by atoms with E-state index in [0.717, 1.165) is 11.2 Å². The molecule has 0 radical (unpaired) electrons. The van der Waals surface area contributed by atoms with Crippen molar-refractivity contribution in [3.05, 3.63) is 46.9 Å². The van der Waals surface area contributed by atoms with Crippen molar-refractivity contribution in [3.8, 4) is 0 Å². The van der Waals surface area contributed by atoms with Crippen molar-refractivity contribution in [2.24, 2.45) is 12.2 Å². The van der Waals surface area contributed by atoms with Gasteiger partial charge in [0.2, 0.25) is 0 Å². The van der Waals surface area contributed by atoms with Gasteiger partial charge in [-0.1, -0.05) is 23.4 Å². The van der Waals surface area contributed by atoms with Crippen LogP contribution in [0.25, 0.3) is 10.9 Å². The summed E-state index contributed by atoms with van der Waals surface area (Å²) in [5.41, 5.74) is 3.98. The van der Waals surface area contributed by atoms with Crippen LogP contribution in [0.4, 0.5) is 4.39 Å². The number of nitrogens with zero attached hydrogens (tertiary/aromatic N) is 2. The molecule has 0 spiro atoms. The van der Waals surface area contributed by atoms with E-state index < -0.39 is 6.67 Å². The number of alkyl halides is 1. The Morgan fingerprint density at radius 3 is 2.86 bits per heavy atom. The fraction of sp³-hybridized carbons (Fsp3) is 0.455. The first-order chi connectivity index (χ1) is 13.5. The molecule has 0 saturated heterocycles. The molecule has 1 atom stereocenters. The maximum atomic E-state index is 12.7. The highest BCUT2D eigenvalue weighted by Crippen LogP contribution is 2.39. The normalized spacial score (nSPS) is 17.8. The van der Waals surface area contributed by atoms with E-state index in [4.69, 9.17) is 4.84 Å². The van der Waals surface area contributed by atoms with Crippen molar-refractivity contribution in [2.45, 2.75) is 44.9 Å². The minimum Gasteiger partial charge on any atom is -0.512 e. The van der Waals surface area contributed by atoms with E-state index in [1.54, 1.807) is 6.21 Å². The number of allylic oxidation sites excluding steroid dienone is 2. The van der Waals surface area contributed by atoms with Gasteiger partial charge in [0.25, 0.3) is 0 Å². The molecule has 28 heavy (non-hydrogen) atoms. The van der Waals surface area contributed by atoms with Gasteiger partial charge in [0.05, 0.1) is 5.76 Å². The lowest BCUT2D eigenvalue weighted by molar-refractivity contribution is -0.116. The van der Waals surface area contributed by atoms with Crippen LogP contribution >= 0.6 is 0 Å². The quantitative estimate of drug-likeness (QED) is 0.399. The zero-order valence-electron chi connectivity index (χ0n) is 16.4. The Balaban J connectivity index is 1.69. The molecule has 0 fully saturated rings. The molecule has 0 saturated carbocycles. The molecule has 1 N–H and O–H groups in total. The predicted octanol–water partition coefficient (Wildman–Crippen LogP) is 4.89. The van der Waals surface area contributed by atoms with Gasteiger partial charge in [-0.2, -0.15) is 0 Å². The topological polar surface area (TPSA) is 63.8 Å². The number of aliphatic hydroxyl groups is 1. The van der Waals surface area contributed by atoms with E-state index in [-0.39, 0.29) is 24.1 Å². The van der Waals surface area contributed by atoms with Crippen LogP contribution in [0.5, 0.6) is 0 Å². The third kappa shape index (κ3) is 4.11. The van der Waals surface area contributed by atoms with Crippen LogP contribution in [0.3, 0.4) is 0 Å². The largest absolute Gasteiger partial charge is 0.512 e. The summed E-state index contributed by atoms with van der Waals surface area (Å²) in [7, 11) is 2.02. The lowest BCUT2D eigenvalue weighted by Crippen LogP contribution is -2.20. The van der Waals surface area contributed by atoms with Gasteiger partial charge in [-0.3, -0.25) is 4.79 Å². The molecule has 3 rings (SSSR count). The fourth-order valence-corrected chi connectivity index (χ4v) is 4.16. The number of unbranched alkanes of at least 4 members (excludes halogenated alkanes) is 1. The first-order valence-corrected chi connectivity index (χ1v) is 9.72. The number of oxime groups is 1. The summed E-state index contributed by atoms with van der Waals surface area (Å²) < 4.78 is 14.0. The summed E-state index contributed by atoms with van der Waals surface area (Å²) >= 11 is 0. The number of benzene rings is 1. The molecule has 1 aromatic carbocycles. The van der Waals surface area contributed by atoms with Crippen LogP contribution in [0.15, 0.2) is 40.8 Å². The number of aliphatic hydroxyl groups excluding tert-OH is 1. The molecule has 0 aliphatic heterocycles. The average Bonchev–Trinajstić information content (AvgIpc) is 2.93. The minimum atomic E-state index is -0.566. The third-order valence-electron chi connectivity index (χ3n) is 5.44. The van der Waals surface area contributed by atoms with Crippen molar-refractivity contribution < 1.29 is 19.1 Å². The first-order valence-electron chi connectivity index (χ1n) is 9.72. The molecule has 1 unspecified atom stereocenters. The van der Waals surface area contributed by atoms with E-state index >= 15 is 0 Å². The SMILES string of the molecule is Cc1c(C2CC(=O)C(CCCC=NOCCF)=C(O)C2)n(C)c2ccccc12. The highest BCUT2D eigenvalue weighted by molar-refractivity contribution is 5.97. The second kappa shape index (κ2) is 9.04. The molecule has 1 aliphatic carbocycles. The van der Waals surface area contributed by atoms with Crippen molar-refractivity contribution in [1.82, 2.24) is 4.57 Å². The zero-order valence-corrected chi connectivity index (χ0v) is 16.4. The standard InChI is InChI=1S/C22H27FN2O3/c1-15-17-7-3-4-9-19(17)25(2)22(15)16-13-20(26)18(21(27)14-16)8-5-6-11-24-28-12-10-23/h3-4,7,9,11,16,26H,5-6,8,10,12-14H2,1-2H3. The number of fused-ring (bicyclic) bond motifs is 1. The van der Waals surface area contributed by atoms with Crippen molar-refractivity contribution in [2.75, 3.05) is 13.3 Å². The van der Waals surface area contributed by atoms with Crippen LogP contribution in [-0.4, -0.2) is 35.0 Å². The Morgan fingerprint density at radius 2 is 2.14 bits per heavy atom. The Bertz CT molecular complexity index is 875. The summed E-state index contributed by atoms with van der Waals surface area (Å²) in [5, 5.41) is 15.4. The summed E-state index contributed by atoms with van der Waals surface area (Å²) in [6.45, 7) is 1.47. The number of Topliss-reactive ketones (excluding diaryl/α,β-unsaturated/α-hetero) is 1. The Morgan fingerprint density at radius 1 is 1.36 bits per heavy atom. The Labute approximate surface area is 164 Å². The summed E-state index contributed by atoms with van der Waals surface area (Å²) in [4.78, 5) is 17.4. The molecule has 0 amide bonds. The fourth-order valence-electron chi connectivity index (χ4n) is 4.16. The van der Waals surface area contributed by atoms with Gasteiger partial charge >= 0.3 is 0 Å². The second-order valence-corrected chi connectivity index (χ2v) is 7.24. The summed E-state index contributed by atoms with van der Waals surface area (Å²) in [6, 6.07) is 8.21. The van der Waals surface area contributed by atoms with Crippen molar-refractivity contribution in [3.63, 3.8) is 0 Å². The van der Waals surface area contributed by atoms with Gasteiger partial charge in [-0.05, 0) is 37.8 Å². The number of hydrogen-bond acceptors (Lipinski definition) is 4. The van der Waals surface area contributed by atoms with Crippen LogP contribution in [0, 0.1) is 6.92 Å². The molecule has 1 aliphatic rings. The monoisotopic (exact) mass is 386 g/mol. The number of carbonyl (C=O) groups is 1. The molecule has 150 valence electrons. The minimum absolute atomic E-state index is 0.00990. The van der Waals surface area contributed by atoms with Crippen LogP contribution < -0.4 is 0 Å². The molecule has 0 bridgehead atoms. The maximum Gasteiger partial charge on any atom is 0.162 e. The number of aryl methyl sites for hydroxylation is 2. The van der Waals surface area contributed by atoms with Crippen molar-refractivity contribution in [1.29, 1.82) is 0 Å². The smallest absolute Gasteiger partial charge is 0.162 e. The number of carbonyl (C=O) groups excluding carboxylic acids is 1. The molecule has 5 nitrogen and oxygen atoms in total. The predicted molar refractivity (Wildman–Crippen MR) is 109 cm³/mol. The Kier molecular flexibility index (Phi) is 6.49. The average molecular weight is 386 g/mol. The van der Waals surface area contributed by atoms with Crippen LogP contribution in [0.2, 0.25) is 0 Å². The number of halogens is 1. The molecular formula is C22H27FN2O3. The highest BCUT2D eigenvalue weighted by atomic mass is 19.1. The second-order valence-electron chi connectivity index (χ2n) is 7.24. The van der Waals surface area contributed by atoms with Crippen LogP contribution in [-0.2, 0) is 16.7 Å². The van der Waals surface area contributed by atoms with Gasteiger partial charge in [-0.15, -0.1) is 0 Å². The lowest BCUT2D eigenvalue weighted by Gasteiger charge is -2.25. The number of rotatable bonds is 8. The van der Waals surface area contributed by atoms with E-state index in [2.05, 4.69) is 28.8 Å². The van der Waals surface area contributed by atoms with Crippen molar-refractivity contribution >= 4 is 22.9 Å². The van der Waals surface area contributed by atoms with Gasteiger partial charge in [0.15, 0.2) is 5.78 Å². The third-order valence-corrected chi connectivity index (χ3v) is 5.44. The molecule has 2 aromatic rings. The molecule has 1 heterocycles. The summed E-state index contributed by atoms with van der Waals surface area (Å²) in [5.74, 6) is 0.213. The zero-order chi connectivity index (χ0) is 20.1.